The third-order valence-electron chi connectivity index (χ3n) is 3.47. The second kappa shape index (κ2) is 4.82. The molecule has 2 N–H and O–H groups in total. The molecule has 0 aliphatic heterocycles. The largest absolute Gasteiger partial charge is 0.441 e. The lowest BCUT2D eigenvalue weighted by Gasteiger charge is -2.08. The van der Waals surface area contributed by atoms with E-state index in [9.17, 15) is 8.42 Å². The summed E-state index contributed by atoms with van der Waals surface area (Å²) in [6, 6.07) is 9.75. The molecule has 7 nitrogen and oxygen atoms in total. The molecule has 0 bridgehead atoms. The minimum absolute atomic E-state index is 0.128. The van der Waals surface area contributed by atoms with Crippen molar-refractivity contribution in [2.75, 3.05) is 4.72 Å². The van der Waals surface area contributed by atoms with Gasteiger partial charge < -0.3 is 4.42 Å². The van der Waals surface area contributed by atoms with E-state index in [1.165, 1.54) is 12.1 Å². The molecule has 0 radical (unpaired) electrons. The van der Waals surface area contributed by atoms with E-state index in [-0.39, 0.29) is 4.90 Å². The fraction of sp³-hybridized carbons (Fsp3) is 0.0667. The molecule has 2 aromatic heterocycles. The normalized spacial score (nSPS) is 12.0. The van der Waals surface area contributed by atoms with Gasteiger partial charge in [0, 0.05) is 12.3 Å². The molecule has 0 saturated carbocycles. The van der Waals surface area contributed by atoms with Crippen molar-refractivity contribution in [3.05, 3.63) is 48.5 Å². The number of benzene rings is 2. The maximum Gasteiger partial charge on any atom is 0.261 e. The molecule has 0 atom stereocenters. The Morgan fingerprint density at radius 3 is 2.91 bits per heavy atom. The highest BCUT2D eigenvalue weighted by molar-refractivity contribution is 7.92. The highest BCUT2D eigenvalue weighted by Gasteiger charge is 2.16. The van der Waals surface area contributed by atoms with Crippen LogP contribution in [0.4, 0.5) is 5.69 Å². The van der Waals surface area contributed by atoms with Crippen LogP contribution in [0.5, 0.6) is 0 Å². The molecule has 0 amide bonds. The van der Waals surface area contributed by atoms with Crippen LogP contribution in [0.2, 0.25) is 0 Å². The maximum atomic E-state index is 12.5. The number of anilines is 1. The van der Waals surface area contributed by atoms with Gasteiger partial charge in [0.05, 0.1) is 22.3 Å². The van der Waals surface area contributed by atoms with Crippen LogP contribution in [0, 0.1) is 6.92 Å². The summed E-state index contributed by atoms with van der Waals surface area (Å²) in [4.78, 5) is 4.28. The van der Waals surface area contributed by atoms with Crippen LogP contribution in [0.25, 0.3) is 22.0 Å². The Labute approximate surface area is 131 Å². The number of aromatic amines is 1. The maximum absolute atomic E-state index is 12.5. The number of rotatable bonds is 3. The number of aromatic nitrogens is 3. The van der Waals surface area contributed by atoms with Crippen LogP contribution in [0.1, 0.15) is 5.89 Å². The summed E-state index contributed by atoms with van der Waals surface area (Å²) < 4.78 is 33.0. The molecular weight excluding hydrogens is 316 g/mol. The molecule has 2 aromatic carbocycles. The number of fused-ring (bicyclic) bond motifs is 2. The Bertz CT molecular complexity index is 1130. The zero-order chi connectivity index (χ0) is 16.0. The van der Waals surface area contributed by atoms with Crippen molar-refractivity contribution in [2.24, 2.45) is 0 Å². The van der Waals surface area contributed by atoms with Crippen LogP contribution >= 0.6 is 0 Å². The van der Waals surface area contributed by atoms with Crippen LogP contribution in [0.3, 0.4) is 0 Å². The topological polar surface area (TPSA) is 101 Å². The monoisotopic (exact) mass is 328 g/mol. The second-order valence-corrected chi connectivity index (χ2v) is 6.82. The molecule has 0 fully saturated rings. The highest BCUT2D eigenvalue weighted by Crippen LogP contribution is 2.23. The quantitative estimate of drug-likeness (QED) is 0.602. The summed E-state index contributed by atoms with van der Waals surface area (Å²) >= 11 is 0. The van der Waals surface area contributed by atoms with Gasteiger partial charge in [-0.15, -0.1) is 0 Å². The fourth-order valence-corrected chi connectivity index (χ4v) is 3.47. The van der Waals surface area contributed by atoms with Gasteiger partial charge in [0.15, 0.2) is 11.5 Å². The van der Waals surface area contributed by atoms with E-state index in [1.807, 2.05) is 0 Å². The molecule has 0 aliphatic rings. The van der Waals surface area contributed by atoms with Gasteiger partial charge in [-0.25, -0.2) is 13.4 Å². The molecule has 4 rings (SSSR count). The van der Waals surface area contributed by atoms with Crippen molar-refractivity contribution in [1.29, 1.82) is 0 Å². The number of hydrogen-bond donors (Lipinski definition) is 2. The van der Waals surface area contributed by atoms with Gasteiger partial charge in [0.1, 0.15) is 5.52 Å². The van der Waals surface area contributed by atoms with E-state index in [2.05, 4.69) is 19.9 Å². The standard InChI is InChI=1S/C15H12N4O3S/c1-9-17-14-7-12(4-5-15(14)22-9)23(20,21)19-11-3-2-10-8-16-18-13(10)6-11/h2-8,19H,1H3,(H,16,18). The molecule has 4 aromatic rings. The Morgan fingerprint density at radius 2 is 2.04 bits per heavy atom. The summed E-state index contributed by atoms with van der Waals surface area (Å²) in [6.07, 6.45) is 1.68. The van der Waals surface area contributed by atoms with E-state index < -0.39 is 10.0 Å². The minimum atomic E-state index is -3.71. The number of H-pyrrole nitrogens is 1. The lowest BCUT2D eigenvalue weighted by Crippen LogP contribution is -2.12. The molecule has 8 heteroatoms. The number of aryl methyl sites for hydroxylation is 1. The van der Waals surface area contributed by atoms with Gasteiger partial charge in [-0.1, -0.05) is 0 Å². The highest BCUT2D eigenvalue weighted by atomic mass is 32.2. The smallest absolute Gasteiger partial charge is 0.261 e. The molecule has 2 heterocycles. The number of sulfonamides is 1. The third-order valence-corrected chi connectivity index (χ3v) is 4.85. The Hall–Kier alpha value is -2.87. The van der Waals surface area contributed by atoms with Crippen molar-refractivity contribution < 1.29 is 12.8 Å². The van der Waals surface area contributed by atoms with Crippen LogP contribution < -0.4 is 4.72 Å². The number of hydrogen-bond acceptors (Lipinski definition) is 5. The predicted molar refractivity (Wildman–Crippen MR) is 85.6 cm³/mol. The first-order valence-corrected chi connectivity index (χ1v) is 8.33. The van der Waals surface area contributed by atoms with Crippen LogP contribution in [-0.4, -0.2) is 23.6 Å². The van der Waals surface area contributed by atoms with Crippen molar-refractivity contribution >= 4 is 37.7 Å². The Morgan fingerprint density at radius 1 is 1.17 bits per heavy atom. The van der Waals surface area contributed by atoms with Gasteiger partial charge in [-0.3, -0.25) is 9.82 Å². The predicted octanol–water partition coefficient (Wildman–Crippen LogP) is 2.81. The van der Waals surface area contributed by atoms with Crippen molar-refractivity contribution in [3.63, 3.8) is 0 Å². The van der Waals surface area contributed by atoms with Crippen LogP contribution in [-0.2, 0) is 10.0 Å². The first kappa shape index (κ1) is 13.8. The van der Waals surface area contributed by atoms with E-state index in [0.717, 1.165) is 10.9 Å². The summed E-state index contributed by atoms with van der Waals surface area (Å²) in [5, 5.41) is 7.63. The molecule has 23 heavy (non-hydrogen) atoms. The van der Waals surface area contributed by atoms with Gasteiger partial charge in [-0.05, 0) is 36.4 Å². The minimum Gasteiger partial charge on any atom is -0.441 e. The Balaban J connectivity index is 1.72. The molecule has 116 valence electrons. The SMILES string of the molecule is Cc1nc2cc(S(=O)(=O)Nc3ccc4cn[nH]c4c3)ccc2o1. The molecule has 0 unspecified atom stereocenters. The Kier molecular flexibility index (Phi) is 2.88. The summed E-state index contributed by atoms with van der Waals surface area (Å²) in [7, 11) is -3.71. The fourth-order valence-electron chi connectivity index (χ4n) is 2.40. The van der Waals surface area contributed by atoms with Crippen LogP contribution in [0.15, 0.2) is 51.9 Å². The van der Waals surface area contributed by atoms with Crippen molar-refractivity contribution in [2.45, 2.75) is 11.8 Å². The van der Waals surface area contributed by atoms with Gasteiger partial charge in [-0.2, -0.15) is 5.10 Å². The van der Waals surface area contributed by atoms with Gasteiger partial charge in [0.2, 0.25) is 0 Å². The molecular formula is C15H12N4O3S. The number of nitrogens with one attached hydrogen (secondary N) is 2. The van der Waals surface area contributed by atoms with Gasteiger partial charge in [0.25, 0.3) is 10.0 Å². The lowest BCUT2D eigenvalue weighted by atomic mass is 10.2. The number of nitrogens with zero attached hydrogens (tertiary/aromatic N) is 2. The average Bonchev–Trinajstić information content (AvgIpc) is 3.10. The lowest BCUT2D eigenvalue weighted by molar-refractivity contribution is 0.561. The first-order chi connectivity index (χ1) is 11.0. The van der Waals surface area contributed by atoms with Gasteiger partial charge >= 0.3 is 0 Å². The van der Waals surface area contributed by atoms with E-state index >= 15 is 0 Å². The molecule has 0 aliphatic carbocycles. The average molecular weight is 328 g/mol. The van der Waals surface area contributed by atoms with E-state index in [0.29, 0.717) is 22.7 Å². The summed E-state index contributed by atoms with van der Waals surface area (Å²) in [6.45, 7) is 1.71. The third kappa shape index (κ3) is 2.42. The summed E-state index contributed by atoms with van der Waals surface area (Å²) in [5.41, 5.74) is 2.28. The second-order valence-electron chi connectivity index (χ2n) is 5.14. The summed E-state index contributed by atoms with van der Waals surface area (Å²) in [5.74, 6) is 0.493. The van der Waals surface area contributed by atoms with E-state index in [4.69, 9.17) is 4.42 Å². The zero-order valence-corrected chi connectivity index (χ0v) is 12.9. The molecule has 0 saturated heterocycles. The van der Waals surface area contributed by atoms with Crippen molar-refractivity contribution in [1.82, 2.24) is 15.2 Å². The molecule has 0 spiro atoms. The first-order valence-electron chi connectivity index (χ1n) is 6.84. The zero-order valence-electron chi connectivity index (χ0n) is 12.1. The number of oxazole rings is 1. The van der Waals surface area contributed by atoms with Crippen molar-refractivity contribution in [3.8, 4) is 0 Å². The van der Waals surface area contributed by atoms with E-state index in [1.54, 1.807) is 37.4 Å².